The molecule has 3 heteroatoms. The van der Waals surface area contributed by atoms with Crippen molar-refractivity contribution in [3.8, 4) is 0 Å². The number of benzene rings is 1. The normalized spacial score (nSPS) is 16.5. The third-order valence-electron chi connectivity index (χ3n) is 4.53. The summed E-state index contributed by atoms with van der Waals surface area (Å²) in [6.07, 6.45) is 7.24. The van der Waals surface area contributed by atoms with Crippen molar-refractivity contribution >= 4 is 16.8 Å². The molecule has 0 atom stereocenters. The Labute approximate surface area is 132 Å². The molecule has 1 aliphatic carbocycles. The fraction of sp³-hybridized carbons (Fsp3) is 0.474. The van der Waals surface area contributed by atoms with Crippen molar-refractivity contribution in [2.45, 2.75) is 58.4 Å². The first-order valence-electron chi connectivity index (χ1n) is 8.32. The SMILES string of the molecule is Cc1ccc2nc(C)cc(C(=O)NC3CCCCCC3)c2c1. The number of nitrogens with zero attached hydrogens (tertiary/aromatic N) is 1. The molecule has 0 saturated heterocycles. The van der Waals surface area contributed by atoms with Crippen molar-refractivity contribution < 1.29 is 4.79 Å². The highest BCUT2D eigenvalue weighted by Gasteiger charge is 2.18. The quantitative estimate of drug-likeness (QED) is 0.839. The van der Waals surface area contributed by atoms with Crippen LogP contribution in [0.3, 0.4) is 0 Å². The van der Waals surface area contributed by atoms with Crippen LogP contribution in [0.1, 0.15) is 60.1 Å². The van der Waals surface area contributed by atoms with Crippen molar-refractivity contribution in [3.05, 3.63) is 41.1 Å². The van der Waals surface area contributed by atoms with Gasteiger partial charge in [-0.1, -0.05) is 37.3 Å². The van der Waals surface area contributed by atoms with E-state index in [1.54, 1.807) is 0 Å². The van der Waals surface area contributed by atoms with Gasteiger partial charge in [-0.3, -0.25) is 9.78 Å². The maximum Gasteiger partial charge on any atom is 0.252 e. The van der Waals surface area contributed by atoms with Crippen LogP contribution in [-0.2, 0) is 0 Å². The molecule has 2 aromatic rings. The summed E-state index contributed by atoms with van der Waals surface area (Å²) in [7, 11) is 0. The monoisotopic (exact) mass is 296 g/mol. The van der Waals surface area contributed by atoms with Crippen LogP contribution < -0.4 is 5.32 Å². The Bertz CT molecular complexity index is 685. The number of aromatic nitrogens is 1. The van der Waals surface area contributed by atoms with Gasteiger partial charge in [0.2, 0.25) is 0 Å². The van der Waals surface area contributed by atoms with Gasteiger partial charge in [-0.15, -0.1) is 0 Å². The molecule has 0 aliphatic heterocycles. The van der Waals surface area contributed by atoms with Crippen LogP contribution in [-0.4, -0.2) is 16.9 Å². The minimum atomic E-state index is 0.0491. The fourth-order valence-electron chi connectivity index (χ4n) is 3.35. The Hall–Kier alpha value is -1.90. The van der Waals surface area contributed by atoms with Gasteiger partial charge in [0, 0.05) is 17.1 Å². The molecule has 1 aromatic carbocycles. The molecule has 116 valence electrons. The number of hydrogen-bond donors (Lipinski definition) is 1. The third-order valence-corrected chi connectivity index (χ3v) is 4.53. The van der Waals surface area contributed by atoms with E-state index in [2.05, 4.69) is 16.4 Å². The minimum absolute atomic E-state index is 0.0491. The van der Waals surface area contributed by atoms with Gasteiger partial charge in [-0.05, 0) is 44.9 Å². The van der Waals surface area contributed by atoms with Crippen molar-refractivity contribution in [1.82, 2.24) is 10.3 Å². The van der Waals surface area contributed by atoms with Crippen molar-refractivity contribution in [1.29, 1.82) is 0 Å². The Balaban J connectivity index is 1.90. The number of fused-ring (bicyclic) bond motifs is 1. The Morgan fingerprint density at radius 3 is 2.55 bits per heavy atom. The first-order chi connectivity index (χ1) is 10.6. The minimum Gasteiger partial charge on any atom is -0.349 e. The van der Waals surface area contributed by atoms with Crippen LogP contribution in [0, 0.1) is 13.8 Å². The largest absolute Gasteiger partial charge is 0.349 e. The Morgan fingerprint density at radius 2 is 1.82 bits per heavy atom. The van der Waals surface area contributed by atoms with Gasteiger partial charge >= 0.3 is 0 Å². The van der Waals surface area contributed by atoms with E-state index >= 15 is 0 Å². The second kappa shape index (κ2) is 6.47. The van der Waals surface area contributed by atoms with Crippen LogP contribution in [0.15, 0.2) is 24.3 Å². The van der Waals surface area contributed by atoms with Crippen LogP contribution >= 0.6 is 0 Å². The molecule has 1 fully saturated rings. The van der Waals surface area contributed by atoms with Gasteiger partial charge in [0.1, 0.15) is 0 Å². The molecule has 0 unspecified atom stereocenters. The first kappa shape index (κ1) is 15.0. The van der Waals surface area contributed by atoms with Gasteiger partial charge in [-0.2, -0.15) is 0 Å². The number of rotatable bonds is 2. The standard InChI is InChI=1S/C19H24N2O/c1-13-9-10-18-16(11-13)17(12-14(2)20-18)19(22)21-15-7-5-3-4-6-8-15/h9-12,15H,3-8H2,1-2H3,(H,21,22). The number of nitrogens with one attached hydrogen (secondary N) is 1. The highest BCUT2D eigenvalue weighted by atomic mass is 16.1. The van der Waals surface area contributed by atoms with Gasteiger partial charge in [0.25, 0.3) is 5.91 Å². The van der Waals surface area contributed by atoms with E-state index in [9.17, 15) is 4.79 Å². The summed E-state index contributed by atoms with van der Waals surface area (Å²) in [5, 5.41) is 4.20. The molecule has 3 nitrogen and oxygen atoms in total. The summed E-state index contributed by atoms with van der Waals surface area (Å²) in [6.45, 7) is 3.99. The van der Waals surface area contributed by atoms with Gasteiger partial charge < -0.3 is 5.32 Å². The highest BCUT2D eigenvalue weighted by Crippen LogP contribution is 2.22. The lowest BCUT2D eigenvalue weighted by Crippen LogP contribution is -2.34. The van der Waals surface area contributed by atoms with Crippen molar-refractivity contribution in [2.24, 2.45) is 0 Å². The molecule has 0 radical (unpaired) electrons. The molecule has 1 N–H and O–H groups in total. The number of carbonyl (C=O) groups excluding carboxylic acids is 1. The van der Waals surface area contributed by atoms with Crippen LogP contribution in [0.25, 0.3) is 10.9 Å². The third kappa shape index (κ3) is 3.29. The summed E-state index contributed by atoms with van der Waals surface area (Å²) in [5.74, 6) is 0.0491. The summed E-state index contributed by atoms with van der Waals surface area (Å²) in [5.41, 5.74) is 3.70. The summed E-state index contributed by atoms with van der Waals surface area (Å²) in [4.78, 5) is 17.3. The van der Waals surface area contributed by atoms with Gasteiger partial charge in [0.15, 0.2) is 0 Å². The van der Waals surface area contributed by atoms with E-state index in [1.807, 2.05) is 32.0 Å². The molecular formula is C19H24N2O. The number of hydrogen-bond acceptors (Lipinski definition) is 2. The zero-order chi connectivity index (χ0) is 15.5. The molecule has 1 saturated carbocycles. The van der Waals surface area contributed by atoms with E-state index < -0.39 is 0 Å². The average molecular weight is 296 g/mol. The maximum atomic E-state index is 12.8. The first-order valence-corrected chi connectivity index (χ1v) is 8.32. The van der Waals surface area contributed by atoms with E-state index in [1.165, 1.54) is 25.7 Å². The molecule has 1 aromatic heterocycles. The number of aryl methyl sites for hydroxylation is 2. The fourth-order valence-corrected chi connectivity index (χ4v) is 3.35. The maximum absolute atomic E-state index is 12.8. The molecule has 0 spiro atoms. The lowest BCUT2D eigenvalue weighted by molar-refractivity contribution is 0.0935. The molecule has 1 heterocycles. The molecule has 1 aliphatic rings. The number of carbonyl (C=O) groups is 1. The summed E-state index contributed by atoms with van der Waals surface area (Å²) >= 11 is 0. The number of amides is 1. The second-order valence-electron chi connectivity index (χ2n) is 6.49. The van der Waals surface area contributed by atoms with Crippen molar-refractivity contribution in [2.75, 3.05) is 0 Å². The highest BCUT2D eigenvalue weighted by molar-refractivity contribution is 6.06. The number of pyridine rings is 1. The van der Waals surface area contributed by atoms with Crippen LogP contribution in [0.4, 0.5) is 0 Å². The molecule has 3 rings (SSSR count). The van der Waals surface area contributed by atoms with Crippen molar-refractivity contribution in [3.63, 3.8) is 0 Å². The predicted octanol–water partition coefficient (Wildman–Crippen LogP) is 4.30. The van der Waals surface area contributed by atoms with E-state index in [4.69, 9.17) is 0 Å². The molecular weight excluding hydrogens is 272 g/mol. The van der Waals surface area contributed by atoms with Crippen LogP contribution in [0.5, 0.6) is 0 Å². The lowest BCUT2D eigenvalue weighted by atomic mass is 10.0. The molecule has 1 amide bonds. The lowest BCUT2D eigenvalue weighted by Gasteiger charge is -2.17. The predicted molar refractivity (Wildman–Crippen MR) is 90.2 cm³/mol. The second-order valence-corrected chi connectivity index (χ2v) is 6.49. The topological polar surface area (TPSA) is 42.0 Å². The summed E-state index contributed by atoms with van der Waals surface area (Å²) in [6, 6.07) is 8.34. The zero-order valence-corrected chi connectivity index (χ0v) is 13.5. The van der Waals surface area contributed by atoms with E-state index in [0.29, 0.717) is 6.04 Å². The summed E-state index contributed by atoms with van der Waals surface area (Å²) < 4.78 is 0. The van der Waals surface area contributed by atoms with Crippen LogP contribution in [0.2, 0.25) is 0 Å². The Kier molecular flexibility index (Phi) is 4.41. The van der Waals surface area contributed by atoms with E-state index in [0.717, 1.165) is 40.6 Å². The zero-order valence-electron chi connectivity index (χ0n) is 13.5. The van der Waals surface area contributed by atoms with Gasteiger partial charge in [0.05, 0.1) is 11.1 Å². The van der Waals surface area contributed by atoms with Gasteiger partial charge in [-0.25, -0.2) is 0 Å². The smallest absolute Gasteiger partial charge is 0.252 e. The average Bonchev–Trinajstić information content (AvgIpc) is 2.75. The molecule has 0 bridgehead atoms. The Morgan fingerprint density at radius 1 is 1.09 bits per heavy atom. The van der Waals surface area contributed by atoms with E-state index in [-0.39, 0.29) is 5.91 Å². The molecule has 22 heavy (non-hydrogen) atoms.